The molecule has 0 amide bonds. The van der Waals surface area contributed by atoms with Crippen molar-refractivity contribution < 1.29 is 0 Å². The molecule has 1 aromatic rings. The van der Waals surface area contributed by atoms with Gasteiger partial charge in [0.25, 0.3) is 0 Å². The maximum atomic E-state index is 3.46. The first-order chi connectivity index (χ1) is 8.89. The summed E-state index contributed by atoms with van der Waals surface area (Å²) in [4.78, 5) is 2.65. The Kier molecular flexibility index (Phi) is 4.32. The van der Waals surface area contributed by atoms with Gasteiger partial charge in [-0.3, -0.25) is 4.90 Å². The normalized spacial score (nSPS) is 19.4. The number of piperazine rings is 1. The predicted octanol–water partition coefficient (Wildman–Crippen LogP) is 3.30. The fraction of sp³-hybridized carbons (Fsp3) is 0.647. The summed E-state index contributed by atoms with van der Waals surface area (Å²) in [5.41, 5.74) is 4.55. The lowest BCUT2D eigenvalue weighted by atomic mass is 9.79. The van der Waals surface area contributed by atoms with Crippen molar-refractivity contribution in [2.24, 2.45) is 5.41 Å². The van der Waals surface area contributed by atoms with Crippen molar-refractivity contribution >= 4 is 0 Å². The van der Waals surface area contributed by atoms with Crippen LogP contribution in [0.1, 0.15) is 43.5 Å². The number of aryl methyl sites for hydroxylation is 2. The second-order valence-corrected chi connectivity index (χ2v) is 6.91. The number of benzene rings is 1. The highest BCUT2D eigenvalue weighted by Gasteiger charge is 2.33. The fourth-order valence-corrected chi connectivity index (χ4v) is 3.21. The Morgan fingerprint density at radius 3 is 2.32 bits per heavy atom. The molecule has 106 valence electrons. The topological polar surface area (TPSA) is 15.3 Å². The van der Waals surface area contributed by atoms with Crippen molar-refractivity contribution in [2.45, 2.75) is 40.7 Å². The zero-order valence-electron chi connectivity index (χ0n) is 13.1. The average molecular weight is 260 g/mol. The van der Waals surface area contributed by atoms with E-state index in [1.165, 1.54) is 16.7 Å². The molecule has 1 saturated heterocycles. The maximum absolute atomic E-state index is 3.46. The summed E-state index contributed by atoms with van der Waals surface area (Å²) in [6.07, 6.45) is 0. The molecule has 1 fully saturated rings. The summed E-state index contributed by atoms with van der Waals surface area (Å²) in [6, 6.07) is 7.38. The minimum Gasteiger partial charge on any atom is -0.314 e. The number of rotatable bonds is 2. The SMILES string of the molecule is Cc1ccc(C)c([C@H](N2CCNCC2)C(C)(C)C)c1. The third kappa shape index (κ3) is 3.37. The molecule has 2 heteroatoms. The van der Waals surface area contributed by atoms with Gasteiger partial charge in [0.2, 0.25) is 0 Å². The predicted molar refractivity (Wildman–Crippen MR) is 82.6 cm³/mol. The molecule has 2 rings (SSSR count). The molecule has 1 aromatic carbocycles. The molecule has 0 unspecified atom stereocenters. The third-order valence-corrected chi connectivity index (χ3v) is 4.07. The maximum Gasteiger partial charge on any atom is 0.0400 e. The molecule has 1 heterocycles. The van der Waals surface area contributed by atoms with E-state index >= 15 is 0 Å². The molecule has 0 saturated carbocycles. The van der Waals surface area contributed by atoms with Crippen LogP contribution in [0, 0.1) is 19.3 Å². The summed E-state index contributed by atoms with van der Waals surface area (Å²) in [7, 11) is 0. The summed E-state index contributed by atoms with van der Waals surface area (Å²) >= 11 is 0. The van der Waals surface area contributed by atoms with E-state index in [4.69, 9.17) is 0 Å². The molecule has 1 aliphatic rings. The van der Waals surface area contributed by atoms with Gasteiger partial charge in [0.15, 0.2) is 0 Å². The van der Waals surface area contributed by atoms with E-state index in [1.54, 1.807) is 0 Å². The first kappa shape index (κ1) is 14.5. The smallest absolute Gasteiger partial charge is 0.0400 e. The largest absolute Gasteiger partial charge is 0.314 e. The Morgan fingerprint density at radius 2 is 1.74 bits per heavy atom. The molecular formula is C17H28N2. The van der Waals surface area contributed by atoms with Crippen LogP contribution in [0.4, 0.5) is 0 Å². The lowest BCUT2D eigenvalue weighted by Gasteiger charge is -2.43. The molecule has 0 spiro atoms. The number of hydrogen-bond acceptors (Lipinski definition) is 2. The molecule has 1 N–H and O–H groups in total. The monoisotopic (exact) mass is 260 g/mol. The van der Waals surface area contributed by atoms with E-state index in [9.17, 15) is 0 Å². The number of nitrogens with zero attached hydrogens (tertiary/aromatic N) is 1. The highest BCUT2D eigenvalue weighted by molar-refractivity contribution is 5.34. The van der Waals surface area contributed by atoms with E-state index in [0.717, 1.165) is 26.2 Å². The molecular weight excluding hydrogens is 232 g/mol. The Balaban J connectivity index is 2.39. The standard InChI is InChI=1S/C17H28N2/c1-13-6-7-14(2)15(12-13)16(17(3,4)5)19-10-8-18-9-11-19/h6-7,12,16,18H,8-11H2,1-5H3/t16-/m0/s1. The van der Waals surface area contributed by atoms with Gasteiger partial charge in [0, 0.05) is 32.2 Å². The lowest BCUT2D eigenvalue weighted by Crippen LogP contribution is -2.48. The highest BCUT2D eigenvalue weighted by atomic mass is 15.2. The molecule has 1 atom stereocenters. The fourth-order valence-electron chi connectivity index (χ4n) is 3.21. The van der Waals surface area contributed by atoms with Crippen molar-refractivity contribution in [2.75, 3.05) is 26.2 Å². The molecule has 19 heavy (non-hydrogen) atoms. The van der Waals surface area contributed by atoms with Crippen LogP contribution in [-0.4, -0.2) is 31.1 Å². The van der Waals surface area contributed by atoms with Crippen LogP contribution in [0.15, 0.2) is 18.2 Å². The van der Waals surface area contributed by atoms with E-state index in [1.807, 2.05) is 0 Å². The van der Waals surface area contributed by atoms with Crippen molar-refractivity contribution in [1.82, 2.24) is 10.2 Å². The Bertz CT molecular complexity index is 425. The molecule has 0 aliphatic carbocycles. The van der Waals surface area contributed by atoms with Crippen LogP contribution in [0.25, 0.3) is 0 Å². The van der Waals surface area contributed by atoms with Gasteiger partial charge in [-0.1, -0.05) is 44.5 Å². The first-order valence-corrected chi connectivity index (χ1v) is 7.41. The lowest BCUT2D eigenvalue weighted by molar-refractivity contribution is 0.0857. The average Bonchev–Trinajstić information content (AvgIpc) is 2.33. The zero-order chi connectivity index (χ0) is 14.0. The van der Waals surface area contributed by atoms with Crippen molar-refractivity contribution in [3.8, 4) is 0 Å². The van der Waals surface area contributed by atoms with E-state index in [2.05, 4.69) is 63.0 Å². The van der Waals surface area contributed by atoms with Crippen LogP contribution in [0.2, 0.25) is 0 Å². The van der Waals surface area contributed by atoms with Gasteiger partial charge in [-0.15, -0.1) is 0 Å². The summed E-state index contributed by atoms with van der Waals surface area (Å²) < 4.78 is 0. The Hall–Kier alpha value is -0.860. The quantitative estimate of drug-likeness (QED) is 0.878. The third-order valence-electron chi connectivity index (χ3n) is 4.07. The minimum atomic E-state index is 0.260. The van der Waals surface area contributed by atoms with E-state index in [-0.39, 0.29) is 5.41 Å². The van der Waals surface area contributed by atoms with Crippen LogP contribution in [0.3, 0.4) is 0 Å². The molecule has 2 nitrogen and oxygen atoms in total. The summed E-state index contributed by atoms with van der Waals surface area (Å²) in [5.74, 6) is 0. The van der Waals surface area contributed by atoms with Gasteiger partial charge in [-0.2, -0.15) is 0 Å². The van der Waals surface area contributed by atoms with Gasteiger partial charge in [0.1, 0.15) is 0 Å². The van der Waals surface area contributed by atoms with Gasteiger partial charge >= 0.3 is 0 Å². The Labute approximate surface area is 118 Å². The van der Waals surface area contributed by atoms with Crippen molar-refractivity contribution in [3.63, 3.8) is 0 Å². The second-order valence-electron chi connectivity index (χ2n) is 6.91. The number of nitrogens with one attached hydrogen (secondary N) is 1. The zero-order valence-corrected chi connectivity index (χ0v) is 13.1. The first-order valence-electron chi connectivity index (χ1n) is 7.41. The summed E-state index contributed by atoms with van der Waals surface area (Å²) in [5, 5.41) is 3.46. The molecule has 0 radical (unpaired) electrons. The van der Waals surface area contributed by atoms with Crippen LogP contribution in [-0.2, 0) is 0 Å². The van der Waals surface area contributed by atoms with Gasteiger partial charge < -0.3 is 5.32 Å². The van der Waals surface area contributed by atoms with Crippen LogP contribution < -0.4 is 5.32 Å². The summed E-state index contributed by atoms with van der Waals surface area (Å²) in [6.45, 7) is 16.0. The highest BCUT2D eigenvalue weighted by Crippen LogP contribution is 2.39. The van der Waals surface area contributed by atoms with Crippen LogP contribution >= 0.6 is 0 Å². The van der Waals surface area contributed by atoms with E-state index in [0.29, 0.717) is 6.04 Å². The second kappa shape index (κ2) is 5.64. The molecule has 0 bridgehead atoms. The van der Waals surface area contributed by atoms with Gasteiger partial charge in [-0.05, 0) is 30.4 Å². The van der Waals surface area contributed by atoms with Crippen molar-refractivity contribution in [1.29, 1.82) is 0 Å². The molecule has 0 aromatic heterocycles. The van der Waals surface area contributed by atoms with E-state index < -0.39 is 0 Å². The Morgan fingerprint density at radius 1 is 1.11 bits per heavy atom. The molecule has 1 aliphatic heterocycles. The van der Waals surface area contributed by atoms with Gasteiger partial charge in [-0.25, -0.2) is 0 Å². The van der Waals surface area contributed by atoms with Crippen LogP contribution in [0.5, 0.6) is 0 Å². The number of hydrogen-bond donors (Lipinski definition) is 1. The minimum absolute atomic E-state index is 0.260. The van der Waals surface area contributed by atoms with Gasteiger partial charge in [0.05, 0.1) is 0 Å². The van der Waals surface area contributed by atoms with Crippen molar-refractivity contribution in [3.05, 3.63) is 34.9 Å².